The molecule has 0 amide bonds. The van der Waals surface area contributed by atoms with Gasteiger partial charge in [-0.2, -0.15) is 0 Å². The lowest BCUT2D eigenvalue weighted by Crippen LogP contribution is -1.89. The first-order valence-electron chi connectivity index (χ1n) is 2.68. The highest BCUT2D eigenvalue weighted by Gasteiger charge is 1.92. The largest absolute Gasteiger partial charge is 0.247 e. The lowest BCUT2D eigenvalue weighted by molar-refractivity contribution is 0.388. The van der Waals surface area contributed by atoms with E-state index in [1.54, 1.807) is 6.92 Å². The fourth-order valence-corrected chi connectivity index (χ4v) is 0.335. The van der Waals surface area contributed by atoms with Gasteiger partial charge in [-0.1, -0.05) is 19.1 Å². The average Bonchev–Trinajstić information content (AvgIpc) is 1.83. The van der Waals surface area contributed by atoms with E-state index in [1.807, 2.05) is 0 Å². The summed E-state index contributed by atoms with van der Waals surface area (Å²) >= 11 is 0. The van der Waals surface area contributed by atoms with Crippen molar-refractivity contribution in [2.75, 3.05) is 6.67 Å². The topological polar surface area (TPSA) is 0 Å². The Bertz CT molecular complexity index is 68.9. The van der Waals surface area contributed by atoms with Crippen molar-refractivity contribution in [2.24, 2.45) is 0 Å². The quantitative estimate of drug-likeness (QED) is 0.501. The van der Waals surface area contributed by atoms with Gasteiger partial charge in [0.25, 0.3) is 0 Å². The number of halogens is 2. The van der Waals surface area contributed by atoms with Crippen LogP contribution in [0.2, 0.25) is 0 Å². The summed E-state index contributed by atoms with van der Waals surface area (Å²) in [6.45, 7) is 1.15. The molecule has 0 aliphatic heterocycles. The van der Waals surface area contributed by atoms with Crippen LogP contribution in [0.1, 0.15) is 13.3 Å². The minimum absolute atomic E-state index is 0.427. The third-order valence-corrected chi connectivity index (χ3v) is 0.824. The monoisotopic (exact) mass is 120 g/mol. The summed E-state index contributed by atoms with van der Waals surface area (Å²) in [5.74, 6) is 0. The Balaban J connectivity index is 3.21. The second kappa shape index (κ2) is 4.75. The van der Waals surface area contributed by atoms with Crippen LogP contribution in [0.15, 0.2) is 12.2 Å². The maximum Gasteiger partial charge on any atom is 0.118 e. The van der Waals surface area contributed by atoms with Crippen LogP contribution in [0, 0.1) is 0 Å². The second-order valence-corrected chi connectivity index (χ2v) is 1.51. The first-order chi connectivity index (χ1) is 3.81. The van der Waals surface area contributed by atoms with Gasteiger partial charge in [0.05, 0.1) is 0 Å². The molecule has 0 aromatic heterocycles. The van der Waals surface area contributed by atoms with Crippen molar-refractivity contribution < 1.29 is 8.78 Å². The zero-order chi connectivity index (χ0) is 6.41. The molecule has 0 saturated carbocycles. The van der Waals surface area contributed by atoms with E-state index in [0.717, 1.165) is 0 Å². The second-order valence-electron chi connectivity index (χ2n) is 1.51. The van der Waals surface area contributed by atoms with Gasteiger partial charge in [0.15, 0.2) is 0 Å². The highest BCUT2D eigenvalue weighted by molar-refractivity contribution is 4.87. The van der Waals surface area contributed by atoms with Crippen molar-refractivity contribution in [3.05, 3.63) is 12.2 Å². The van der Waals surface area contributed by atoms with Gasteiger partial charge >= 0.3 is 0 Å². The lowest BCUT2D eigenvalue weighted by atomic mass is 10.3. The van der Waals surface area contributed by atoms with Gasteiger partial charge in [0.2, 0.25) is 0 Å². The van der Waals surface area contributed by atoms with Gasteiger partial charge in [0.1, 0.15) is 12.8 Å². The molecule has 0 aliphatic carbocycles. The summed E-state index contributed by atoms with van der Waals surface area (Å²) in [5, 5.41) is 0. The van der Waals surface area contributed by atoms with Crippen LogP contribution < -0.4 is 0 Å². The number of hydrogen-bond donors (Lipinski definition) is 0. The molecule has 0 N–H and O–H groups in total. The van der Waals surface area contributed by atoms with Crippen LogP contribution in [0.25, 0.3) is 0 Å². The molecule has 0 fully saturated rings. The van der Waals surface area contributed by atoms with E-state index >= 15 is 0 Å². The van der Waals surface area contributed by atoms with Crippen LogP contribution in [-0.4, -0.2) is 12.8 Å². The number of hydrogen-bond acceptors (Lipinski definition) is 0. The summed E-state index contributed by atoms with van der Waals surface area (Å²) in [7, 11) is 0. The Labute approximate surface area is 48.2 Å². The molecule has 48 valence electrons. The molecule has 8 heavy (non-hydrogen) atoms. The van der Waals surface area contributed by atoms with Crippen LogP contribution in [0.4, 0.5) is 8.78 Å². The van der Waals surface area contributed by atoms with Gasteiger partial charge in [-0.3, -0.25) is 0 Å². The van der Waals surface area contributed by atoms with E-state index < -0.39 is 12.8 Å². The zero-order valence-electron chi connectivity index (χ0n) is 4.90. The first kappa shape index (κ1) is 7.60. The Morgan fingerprint density at radius 1 is 1.62 bits per heavy atom. The predicted molar refractivity (Wildman–Crippen MR) is 30.3 cm³/mol. The molecule has 0 radical (unpaired) electrons. The summed E-state index contributed by atoms with van der Waals surface area (Å²) in [6.07, 6.45) is 1.88. The van der Waals surface area contributed by atoms with Crippen molar-refractivity contribution >= 4 is 0 Å². The fraction of sp³-hybridized carbons (Fsp3) is 0.667. The van der Waals surface area contributed by atoms with Crippen LogP contribution in [0.3, 0.4) is 0 Å². The lowest BCUT2D eigenvalue weighted by Gasteiger charge is -1.91. The van der Waals surface area contributed by atoms with Crippen LogP contribution in [-0.2, 0) is 0 Å². The first-order valence-corrected chi connectivity index (χ1v) is 2.68. The van der Waals surface area contributed by atoms with E-state index in [-0.39, 0.29) is 0 Å². The average molecular weight is 120 g/mol. The van der Waals surface area contributed by atoms with E-state index in [9.17, 15) is 8.78 Å². The summed E-state index contributed by atoms with van der Waals surface area (Å²) in [4.78, 5) is 0. The third-order valence-electron chi connectivity index (χ3n) is 0.824. The van der Waals surface area contributed by atoms with Crippen LogP contribution >= 0.6 is 0 Å². The molecule has 0 bridgehead atoms. The van der Waals surface area contributed by atoms with Crippen molar-refractivity contribution in [3.8, 4) is 0 Å². The minimum Gasteiger partial charge on any atom is -0.247 e. The van der Waals surface area contributed by atoms with Crippen LogP contribution in [0.5, 0.6) is 0 Å². The molecule has 0 rings (SSSR count). The molecule has 1 unspecified atom stereocenters. The van der Waals surface area contributed by atoms with E-state index in [4.69, 9.17) is 0 Å². The standard InChI is InChI=1S/C6H10F2/c1-2-6(8)4-3-5-7/h3-4,6H,2,5H2,1H3/b4-3-. The predicted octanol–water partition coefficient (Wildman–Crippen LogP) is 2.26. The highest BCUT2D eigenvalue weighted by Crippen LogP contribution is 1.97. The molecule has 0 heterocycles. The number of rotatable bonds is 3. The molecule has 0 saturated heterocycles. The molecular formula is C6H10F2. The van der Waals surface area contributed by atoms with Crippen molar-refractivity contribution in [3.63, 3.8) is 0 Å². The van der Waals surface area contributed by atoms with Gasteiger partial charge in [-0.15, -0.1) is 0 Å². The summed E-state index contributed by atoms with van der Waals surface area (Å²) < 4.78 is 23.3. The van der Waals surface area contributed by atoms with Crippen molar-refractivity contribution in [1.82, 2.24) is 0 Å². The molecule has 0 aromatic carbocycles. The molecule has 0 aliphatic rings. The SMILES string of the molecule is CCC(F)/C=C\CF. The van der Waals surface area contributed by atoms with Gasteiger partial charge < -0.3 is 0 Å². The maximum atomic E-state index is 12.1. The van der Waals surface area contributed by atoms with E-state index in [0.29, 0.717) is 6.42 Å². The van der Waals surface area contributed by atoms with Crippen molar-refractivity contribution in [1.29, 1.82) is 0 Å². The molecule has 1 atom stereocenters. The fourth-order valence-electron chi connectivity index (χ4n) is 0.335. The van der Waals surface area contributed by atoms with E-state index in [1.165, 1.54) is 12.2 Å². The Kier molecular flexibility index (Phi) is 4.51. The van der Waals surface area contributed by atoms with Crippen molar-refractivity contribution in [2.45, 2.75) is 19.5 Å². The number of allylic oxidation sites excluding steroid dienone is 2. The summed E-state index contributed by atoms with van der Waals surface area (Å²) in [5.41, 5.74) is 0. The Morgan fingerprint density at radius 3 is 2.62 bits per heavy atom. The molecule has 0 aromatic rings. The molecular weight excluding hydrogens is 110 g/mol. The summed E-state index contributed by atoms with van der Waals surface area (Å²) in [6, 6.07) is 0. The molecule has 2 heteroatoms. The highest BCUT2D eigenvalue weighted by atomic mass is 19.1. The zero-order valence-corrected chi connectivity index (χ0v) is 4.90. The maximum absolute atomic E-state index is 12.1. The Hall–Kier alpha value is -0.400. The van der Waals surface area contributed by atoms with Gasteiger partial charge in [-0.05, 0) is 6.42 Å². The third kappa shape index (κ3) is 3.78. The van der Waals surface area contributed by atoms with E-state index in [2.05, 4.69) is 0 Å². The number of alkyl halides is 2. The molecule has 0 nitrogen and oxygen atoms in total. The van der Waals surface area contributed by atoms with Gasteiger partial charge in [-0.25, -0.2) is 8.78 Å². The molecule has 0 spiro atoms. The Morgan fingerprint density at radius 2 is 2.25 bits per heavy atom. The smallest absolute Gasteiger partial charge is 0.118 e. The van der Waals surface area contributed by atoms with Gasteiger partial charge in [0, 0.05) is 0 Å². The normalized spacial score (nSPS) is 14.9. The minimum atomic E-state index is -0.967.